The topological polar surface area (TPSA) is 30.7 Å². The molecule has 7 aromatic carbocycles. The maximum Gasteiger partial charge on any atom is 0.161 e. The summed E-state index contributed by atoms with van der Waals surface area (Å²) in [5.41, 5.74) is 10.8. The second-order valence-corrected chi connectivity index (χ2v) is 13.6. The minimum Gasteiger partial charge on any atom is -0.309 e. The lowest BCUT2D eigenvalue weighted by Gasteiger charge is -2.12. The van der Waals surface area contributed by atoms with Gasteiger partial charge in [-0.25, -0.2) is 9.97 Å². The molecule has 0 spiro atoms. The predicted octanol–water partition coefficient (Wildman–Crippen LogP) is 12.6. The molecule has 3 heterocycles. The largest absolute Gasteiger partial charge is 0.309 e. The molecule has 0 amide bonds. The van der Waals surface area contributed by atoms with Gasteiger partial charge in [-0.1, -0.05) is 133 Å². The Morgan fingerprint density at radius 1 is 0.420 bits per heavy atom. The van der Waals surface area contributed by atoms with Crippen molar-refractivity contribution in [2.75, 3.05) is 0 Å². The fraction of sp³-hybridized carbons (Fsp3) is 0. The van der Waals surface area contributed by atoms with Crippen molar-refractivity contribution >= 4 is 53.3 Å². The molecule has 0 saturated heterocycles. The van der Waals surface area contributed by atoms with Gasteiger partial charge in [0.25, 0.3) is 0 Å². The van der Waals surface area contributed by atoms with E-state index in [1.807, 2.05) is 11.3 Å². The van der Waals surface area contributed by atoms with Crippen LogP contribution in [-0.4, -0.2) is 14.5 Å². The highest BCUT2D eigenvalue weighted by Crippen LogP contribution is 2.42. The van der Waals surface area contributed by atoms with Crippen LogP contribution in [0, 0.1) is 0 Å². The molecule has 0 aliphatic heterocycles. The molecule has 10 rings (SSSR count). The predicted molar refractivity (Wildman–Crippen MR) is 211 cm³/mol. The number of hydrogen-bond acceptors (Lipinski definition) is 3. The molecule has 4 heteroatoms. The van der Waals surface area contributed by atoms with Crippen LogP contribution in [0.4, 0.5) is 0 Å². The molecule has 0 atom stereocenters. The molecule has 0 bridgehead atoms. The van der Waals surface area contributed by atoms with E-state index < -0.39 is 0 Å². The number of para-hydroxylation sites is 2. The molecule has 0 N–H and O–H groups in total. The minimum atomic E-state index is 0.727. The fourth-order valence-electron chi connectivity index (χ4n) is 7.33. The number of rotatable bonds is 5. The average molecular weight is 656 g/mol. The van der Waals surface area contributed by atoms with Crippen LogP contribution in [0.25, 0.3) is 92.7 Å². The van der Waals surface area contributed by atoms with Crippen LogP contribution >= 0.6 is 11.3 Å². The number of benzene rings is 7. The highest BCUT2D eigenvalue weighted by atomic mass is 32.1. The van der Waals surface area contributed by atoms with Crippen LogP contribution in [0.1, 0.15) is 0 Å². The summed E-state index contributed by atoms with van der Waals surface area (Å²) in [4.78, 5) is 10.7. The van der Waals surface area contributed by atoms with Gasteiger partial charge >= 0.3 is 0 Å². The van der Waals surface area contributed by atoms with Gasteiger partial charge in [0.05, 0.1) is 22.4 Å². The number of fused-ring (bicyclic) bond motifs is 6. The van der Waals surface area contributed by atoms with Gasteiger partial charge in [-0.15, -0.1) is 11.3 Å². The SMILES string of the molecule is c1ccc(-c2ccc(-c3cc(-c4cccc5c4c4ccccc4n5-c4ccccc4)nc(-c4cccc5c4sc4ccccc45)n3)cc2)cc1. The summed E-state index contributed by atoms with van der Waals surface area (Å²) in [5, 5.41) is 4.88. The first kappa shape index (κ1) is 28.6. The molecular weight excluding hydrogens is 627 g/mol. The van der Waals surface area contributed by atoms with E-state index in [4.69, 9.17) is 9.97 Å². The second kappa shape index (κ2) is 11.7. The normalized spacial score (nSPS) is 11.6. The first-order chi connectivity index (χ1) is 24.8. The van der Waals surface area contributed by atoms with E-state index in [-0.39, 0.29) is 0 Å². The maximum absolute atomic E-state index is 5.41. The molecule has 0 radical (unpaired) electrons. The Labute approximate surface area is 293 Å². The van der Waals surface area contributed by atoms with Crippen LogP contribution in [-0.2, 0) is 0 Å². The van der Waals surface area contributed by atoms with E-state index in [9.17, 15) is 0 Å². The summed E-state index contributed by atoms with van der Waals surface area (Å²) in [5.74, 6) is 0.727. The smallest absolute Gasteiger partial charge is 0.161 e. The number of aromatic nitrogens is 3. The van der Waals surface area contributed by atoms with Crippen molar-refractivity contribution < 1.29 is 0 Å². The summed E-state index contributed by atoms with van der Waals surface area (Å²) < 4.78 is 4.83. The van der Waals surface area contributed by atoms with Gasteiger partial charge in [0, 0.05) is 53.3 Å². The van der Waals surface area contributed by atoms with Crippen LogP contribution in [0.15, 0.2) is 176 Å². The first-order valence-electron chi connectivity index (χ1n) is 16.8. The zero-order valence-electron chi connectivity index (χ0n) is 27.0. The van der Waals surface area contributed by atoms with Crippen molar-refractivity contribution in [1.82, 2.24) is 14.5 Å². The van der Waals surface area contributed by atoms with E-state index in [0.29, 0.717) is 0 Å². The average Bonchev–Trinajstić information content (AvgIpc) is 3.75. The van der Waals surface area contributed by atoms with Gasteiger partial charge in [0.15, 0.2) is 5.82 Å². The lowest BCUT2D eigenvalue weighted by atomic mass is 10.00. The summed E-state index contributed by atoms with van der Waals surface area (Å²) in [6, 6.07) is 62.4. The molecular formula is C46H29N3S. The Kier molecular flexibility index (Phi) is 6.68. The highest BCUT2D eigenvalue weighted by Gasteiger charge is 2.20. The van der Waals surface area contributed by atoms with Crippen molar-refractivity contribution in [3.8, 4) is 50.7 Å². The lowest BCUT2D eigenvalue weighted by Crippen LogP contribution is -1.97. The lowest BCUT2D eigenvalue weighted by molar-refractivity contribution is 1.18. The van der Waals surface area contributed by atoms with Crippen molar-refractivity contribution in [2.45, 2.75) is 0 Å². The van der Waals surface area contributed by atoms with Crippen molar-refractivity contribution in [3.63, 3.8) is 0 Å². The summed E-state index contributed by atoms with van der Waals surface area (Å²) in [6.07, 6.45) is 0. The van der Waals surface area contributed by atoms with Gasteiger partial charge in [-0.3, -0.25) is 0 Å². The Morgan fingerprint density at radius 2 is 1.02 bits per heavy atom. The monoisotopic (exact) mass is 655 g/mol. The van der Waals surface area contributed by atoms with Crippen molar-refractivity contribution in [1.29, 1.82) is 0 Å². The number of nitrogens with zero attached hydrogens (tertiary/aromatic N) is 3. The van der Waals surface area contributed by atoms with Gasteiger partial charge < -0.3 is 4.57 Å². The molecule has 0 unspecified atom stereocenters. The van der Waals surface area contributed by atoms with Crippen LogP contribution in [0.3, 0.4) is 0 Å². The Hall–Kier alpha value is -6.36. The van der Waals surface area contributed by atoms with E-state index in [0.717, 1.165) is 45.1 Å². The highest BCUT2D eigenvalue weighted by molar-refractivity contribution is 7.26. The molecule has 0 aliphatic carbocycles. The fourth-order valence-corrected chi connectivity index (χ4v) is 8.54. The van der Waals surface area contributed by atoms with E-state index in [2.05, 4.69) is 180 Å². The van der Waals surface area contributed by atoms with Crippen LogP contribution in [0.2, 0.25) is 0 Å². The van der Waals surface area contributed by atoms with Crippen LogP contribution < -0.4 is 0 Å². The van der Waals surface area contributed by atoms with Gasteiger partial charge in [0.2, 0.25) is 0 Å². The third-order valence-electron chi connectivity index (χ3n) is 9.65. The van der Waals surface area contributed by atoms with Crippen molar-refractivity contribution in [3.05, 3.63) is 176 Å². The minimum absolute atomic E-state index is 0.727. The molecule has 10 aromatic rings. The zero-order valence-corrected chi connectivity index (χ0v) is 27.8. The summed E-state index contributed by atoms with van der Waals surface area (Å²) >= 11 is 1.81. The summed E-state index contributed by atoms with van der Waals surface area (Å²) in [7, 11) is 0. The Balaban J connectivity index is 1.23. The Bertz CT molecular complexity index is 2850. The van der Waals surface area contributed by atoms with Gasteiger partial charge in [-0.05, 0) is 53.6 Å². The molecule has 234 valence electrons. The molecule has 0 saturated carbocycles. The summed E-state index contributed by atoms with van der Waals surface area (Å²) in [6.45, 7) is 0. The molecule has 0 fully saturated rings. The first-order valence-corrected chi connectivity index (χ1v) is 17.7. The molecule has 0 aliphatic rings. The third-order valence-corrected chi connectivity index (χ3v) is 10.9. The standard InChI is InChI=1S/C46H29N3S/c1-3-13-30(14-4-1)31-25-27-32(28-26-31)39-29-40(48-46(47-39)38-21-11-19-35-34-17-8-10-24-43(34)50-45(35)38)36-20-12-23-42-44(36)37-18-7-9-22-41(37)49(42)33-15-5-2-6-16-33/h1-29H. The van der Waals surface area contributed by atoms with E-state index >= 15 is 0 Å². The van der Waals surface area contributed by atoms with Crippen LogP contribution in [0.5, 0.6) is 0 Å². The number of hydrogen-bond donors (Lipinski definition) is 0. The van der Waals surface area contributed by atoms with E-state index in [1.165, 1.54) is 47.6 Å². The van der Waals surface area contributed by atoms with Gasteiger partial charge in [-0.2, -0.15) is 0 Å². The van der Waals surface area contributed by atoms with Gasteiger partial charge in [0.1, 0.15) is 0 Å². The maximum atomic E-state index is 5.41. The molecule has 50 heavy (non-hydrogen) atoms. The number of thiophene rings is 1. The van der Waals surface area contributed by atoms with Crippen molar-refractivity contribution in [2.24, 2.45) is 0 Å². The quantitative estimate of drug-likeness (QED) is 0.185. The molecule has 3 aromatic heterocycles. The second-order valence-electron chi connectivity index (χ2n) is 12.6. The zero-order chi connectivity index (χ0) is 33.0. The Morgan fingerprint density at radius 3 is 1.86 bits per heavy atom. The molecule has 3 nitrogen and oxygen atoms in total. The van der Waals surface area contributed by atoms with E-state index in [1.54, 1.807) is 0 Å². The third kappa shape index (κ3) is 4.65.